The Morgan fingerprint density at radius 1 is 1.24 bits per heavy atom. The average Bonchev–Trinajstić information content (AvgIpc) is 2.38. The Morgan fingerprint density at radius 3 is 2.48 bits per heavy atom. The van der Waals surface area contributed by atoms with Crippen LogP contribution in [0.4, 0.5) is 5.82 Å². The van der Waals surface area contributed by atoms with Crippen LogP contribution in [-0.2, 0) is 5.41 Å². The molecule has 0 aromatic carbocycles. The molecule has 1 aliphatic carbocycles. The lowest BCUT2D eigenvalue weighted by molar-refractivity contribution is 0.0474. The van der Waals surface area contributed by atoms with E-state index in [9.17, 15) is 5.11 Å². The van der Waals surface area contributed by atoms with Crippen LogP contribution in [0.25, 0.3) is 0 Å². The summed E-state index contributed by atoms with van der Waals surface area (Å²) in [5.74, 6) is 1.63. The number of rotatable bonds is 4. The molecule has 116 valence electrons. The van der Waals surface area contributed by atoms with Gasteiger partial charge in [-0.2, -0.15) is 5.10 Å². The van der Waals surface area contributed by atoms with Crippen LogP contribution < -0.4 is 10.2 Å². The zero-order valence-electron chi connectivity index (χ0n) is 13.2. The second kappa shape index (κ2) is 5.54. The first kappa shape index (κ1) is 14.7. The maximum atomic E-state index is 9.54. The van der Waals surface area contributed by atoms with Gasteiger partial charge in [-0.05, 0) is 25.0 Å². The van der Waals surface area contributed by atoms with E-state index >= 15 is 0 Å². The second-order valence-electron chi connectivity index (χ2n) is 7.46. The van der Waals surface area contributed by atoms with Crippen molar-refractivity contribution < 1.29 is 5.11 Å². The fourth-order valence-corrected chi connectivity index (χ4v) is 2.82. The predicted octanol–water partition coefficient (Wildman–Crippen LogP) is 1.32. The summed E-state index contributed by atoms with van der Waals surface area (Å²) in [6, 6.07) is 4.48. The van der Waals surface area contributed by atoms with Crippen molar-refractivity contribution in [2.75, 3.05) is 24.5 Å². The second-order valence-corrected chi connectivity index (χ2v) is 7.46. The standard InChI is InChI=1S/C16H26N4O/c1-16(2,3)14-6-7-15(19-18-14)20-9-11(10-20)8-17-12-4-5-13(12)21/h6-7,11-13,17,21H,4-5,8-10H2,1-3H3. The highest BCUT2D eigenvalue weighted by Crippen LogP contribution is 2.25. The maximum Gasteiger partial charge on any atom is 0.151 e. The fraction of sp³-hybridized carbons (Fsp3) is 0.750. The molecular formula is C16H26N4O. The topological polar surface area (TPSA) is 61.3 Å². The van der Waals surface area contributed by atoms with E-state index in [0.29, 0.717) is 12.0 Å². The number of nitrogens with one attached hydrogen (secondary N) is 1. The van der Waals surface area contributed by atoms with Crippen molar-refractivity contribution in [3.05, 3.63) is 17.8 Å². The van der Waals surface area contributed by atoms with E-state index in [4.69, 9.17) is 0 Å². The van der Waals surface area contributed by atoms with Crippen molar-refractivity contribution >= 4 is 5.82 Å². The summed E-state index contributed by atoms with van der Waals surface area (Å²) in [5, 5.41) is 21.7. The summed E-state index contributed by atoms with van der Waals surface area (Å²) in [5.41, 5.74) is 1.08. The third-order valence-corrected chi connectivity index (χ3v) is 4.61. The summed E-state index contributed by atoms with van der Waals surface area (Å²) in [7, 11) is 0. The van der Waals surface area contributed by atoms with Gasteiger partial charge in [-0.25, -0.2) is 0 Å². The van der Waals surface area contributed by atoms with Crippen molar-refractivity contribution in [2.24, 2.45) is 5.92 Å². The molecule has 1 saturated carbocycles. The highest BCUT2D eigenvalue weighted by Gasteiger charge is 2.32. The molecule has 0 radical (unpaired) electrons. The van der Waals surface area contributed by atoms with E-state index in [0.717, 1.165) is 44.0 Å². The highest BCUT2D eigenvalue weighted by atomic mass is 16.3. The zero-order valence-corrected chi connectivity index (χ0v) is 13.2. The van der Waals surface area contributed by atoms with Crippen LogP contribution in [0.2, 0.25) is 0 Å². The fourth-order valence-electron chi connectivity index (χ4n) is 2.82. The number of hydrogen-bond acceptors (Lipinski definition) is 5. The monoisotopic (exact) mass is 290 g/mol. The summed E-state index contributed by atoms with van der Waals surface area (Å²) in [6.07, 6.45) is 1.93. The van der Waals surface area contributed by atoms with Crippen LogP contribution in [0, 0.1) is 5.92 Å². The van der Waals surface area contributed by atoms with Gasteiger partial charge in [0.25, 0.3) is 0 Å². The lowest BCUT2D eigenvalue weighted by atomic mass is 9.88. The van der Waals surface area contributed by atoms with Crippen LogP contribution >= 0.6 is 0 Å². The number of hydrogen-bond donors (Lipinski definition) is 2. The molecule has 1 saturated heterocycles. The van der Waals surface area contributed by atoms with Crippen molar-refractivity contribution in [2.45, 2.75) is 51.2 Å². The van der Waals surface area contributed by atoms with Crippen molar-refractivity contribution in [1.82, 2.24) is 15.5 Å². The SMILES string of the molecule is CC(C)(C)c1ccc(N2CC(CNC3CCC3O)C2)nn1. The quantitative estimate of drug-likeness (QED) is 0.876. The summed E-state index contributed by atoms with van der Waals surface area (Å²) in [4.78, 5) is 2.27. The number of nitrogens with zero attached hydrogens (tertiary/aromatic N) is 3. The van der Waals surface area contributed by atoms with Gasteiger partial charge in [-0.3, -0.25) is 0 Å². The molecule has 2 fully saturated rings. The third-order valence-electron chi connectivity index (χ3n) is 4.61. The van der Waals surface area contributed by atoms with E-state index in [1.54, 1.807) is 0 Å². The first-order chi connectivity index (χ1) is 9.93. The molecule has 3 rings (SSSR count). The number of aliphatic hydroxyl groups excluding tert-OH is 1. The Kier molecular flexibility index (Phi) is 3.88. The lowest BCUT2D eigenvalue weighted by Gasteiger charge is -2.42. The molecule has 0 amide bonds. The molecular weight excluding hydrogens is 264 g/mol. The summed E-state index contributed by atoms with van der Waals surface area (Å²) >= 11 is 0. The van der Waals surface area contributed by atoms with Gasteiger partial charge in [0.05, 0.1) is 11.8 Å². The molecule has 0 bridgehead atoms. The molecule has 0 spiro atoms. The molecule has 1 aliphatic heterocycles. The molecule has 2 atom stereocenters. The van der Waals surface area contributed by atoms with Crippen LogP contribution in [0.15, 0.2) is 12.1 Å². The lowest BCUT2D eigenvalue weighted by Crippen LogP contribution is -2.55. The van der Waals surface area contributed by atoms with E-state index in [1.165, 1.54) is 0 Å². The Hall–Kier alpha value is -1.20. The van der Waals surface area contributed by atoms with Crippen molar-refractivity contribution in [3.8, 4) is 0 Å². The van der Waals surface area contributed by atoms with E-state index in [1.807, 2.05) is 0 Å². The molecule has 2 aliphatic rings. The van der Waals surface area contributed by atoms with E-state index < -0.39 is 0 Å². The number of aromatic nitrogens is 2. The number of aliphatic hydroxyl groups is 1. The molecule has 21 heavy (non-hydrogen) atoms. The summed E-state index contributed by atoms with van der Waals surface area (Å²) in [6.45, 7) is 9.50. The van der Waals surface area contributed by atoms with Crippen molar-refractivity contribution in [3.63, 3.8) is 0 Å². The Morgan fingerprint density at radius 2 is 2.00 bits per heavy atom. The first-order valence-corrected chi connectivity index (χ1v) is 7.94. The van der Waals surface area contributed by atoms with E-state index in [2.05, 4.69) is 53.3 Å². The molecule has 1 aromatic rings. The highest BCUT2D eigenvalue weighted by molar-refractivity contribution is 5.41. The van der Waals surface area contributed by atoms with Gasteiger partial charge < -0.3 is 15.3 Å². The zero-order chi connectivity index (χ0) is 15.0. The molecule has 1 aromatic heterocycles. The van der Waals surface area contributed by atoms with Crippen molar-refractivity contribution in [1.29, 1.82) is 0 Å². The number of anilines is 1. The minimum atomic E-state index is -0.128. The molecule has 5 heteroatoms. The van der Waals surface area contributed by atoms with Crippen LogP contribution in [0.1, 0.15) is 39.3 Å². The van der Waals surface area contributed by atoms with Crippen LogP contribution in [-0.4, -0.2) is 47.1 Å². The molecule has 2 N–H and O–H groups in total. The third kappa shape index (κ3) is 3.19. The van der Waals surface area contributed by atoms with Gasteiger partial charge in [0, 0.05) is 37.0 Å². The van der Waals surface area contributed by atoms with Gasteiger partial charge in [-0.15, -0.1) is 5.10 Å². The van der Waals surface area contributed by atoms with Gasteiger partial charge in [0.1, 0.15) is 0 Å². The largest absolute Gasteiger partial charge is 0.392 e. The van der Waals surface area contributed by atoms with Crippen LogP contribution in [0.3, 0.4) is 0 Å². The van der Waals surface area contributed by atoms with Gasteiger partial charge >= 0.3 is 0 Å². The molecule has 2 heterocycles. The van der Waals surface area contributed by atoms with Crippen LogP contribution in [0.5, 0.6) is 0 Å². The predicted molar refractivity (Wildman–Crippen MR) is 83.5 cm³/mol. The minimum Gasteiger partial charge on any atom is -0.392 e. The van der Waals surface area contributed by atoms with Gasteiger partial charge in [-0.1, -0.05) is 20.8 Å². The minimum absolute atomic E-state index is 0.0521. The molecule has 5 nitrogen and oxygen atoms in total. The van der Waals surface area contributed by atoms with Gasteiger partial charge in [0.15, 0.2) is 5.82 Å². The smallest absolute Gasteiger partial charge is 0.151 e. The van der Waals surface area contributed by atoms with E-state index in [-0.39, 0.29) is 11.5 Å². The average molecular weight is 290 g/mol. The van der Waals surface area contributed by atoms with Gasteiger partial charge in [0.2, 0.25) is 0 Å². The Balaban J connectivity index is 1.45. The Labute approximate surface area is 126 Å². The maximum absolute atomic E-state index is 9.54. The molecule has 2 unspecified atom stereocenters. The Bertz CT molecular complexity index is 476. The first-order valence-electron chi connectivity index (χ1n) is 7.94. The normalized spacial score (nSPS) is 26.4. The summed E-state index contributed by atoms with van der Waals surface area (Å²) < 4.78 is 0.